The highest BCUT2D eigenvalue weighted by Gasteiger charge is 2.34. The smallest absolute Gasteiger partial charge is 0.254 e. The Kier molecular flexibility index (Phi) is 5.54. The molecular weight excluding hydrogens is 432 g/mol. The lowest BCUT2D eigenvalue weighted by atomic mass is 10.2. The maximum absolute atomic E-state index is 13.0. The predicted octanol–water partition coefficient (Wildman–Crippen LogP) is 2.02. The topological polar surface area (TPSA) is 101 Å². The molecule has 0 bridgehead atoms. The van der Waals surface area contributed by atoms with Gasteiger partial charge in [-0.15, -0.1) is 11.3 Å². The SMILES string of the molecule is O=C(c1ccc(S(=O)(=O)NC2CCS(=O)(=O)C2)cc1)N(Cc1cccs1)C1CC1. The van der Waals surface area contributed by atoms with Crippen molar-refractivity contribution in [1.82, 2.24) is 9.62 Å². The highest BCUT2D eigenvalue weighted by atomic mass is 32.2. The fraction of sp³-hybridized carbons (Fsp3) is 0.421. The number of hydrogen-bond acceptors (Lipinski definition) is 6. The van der Waals surface area contributed by atoms with Gasteiger partial charge in [-0.2, -0.15) is 0 Å². The van der Waals surface area contributed by atoms with Gasteiger partial charge >= 0.3 is 0 Å². The average Bonchev–Trinajstić information content (AvgIpc) is 3.28. The molecule has 10 heteroatoms. The normalized spacial score (nSPS) is 21.2. The molecule has 0 radical (unpaired) electrons. The van der Waals surface area contributed by atoms with Crippen molar-refractivity contribution in [2.45, 2.75) is 42.8 Å². The zero-order chi connectivity index (χ0) is 20.6. The molecule has 1 aromatic heterocycles. The molecule has 2 aliphatic rings. The molecule has 1 aromatic carbocycles. The van der Waals surface area contributed by atoms with E-state index < -0.39 is 25.9 Å². The van der Waals surface area contributed by atoms with Crippen LogP contribution in [0.2, 0.25) is 0 Å². The summed E-state index contributed by atoms with van der Waals surface area (Å²) in [4.78, 5) is 15.9. The molecule has 2 heterocycles. The molecular formula is C19H22N2O5S3. The number of nitrogens with one attached hydrogen (secondary N) is 1. The van der Waals surface area contributed by atoms with Crippen molar-refractivity contribution in [3.63, 3.8) is 0 Å². The Morgan fingerprint density at radius 3 is 2.41 bits per heavy atom. The van der Waals surface area contributed by atoms with Crippen molar-refractivity contribution in [3.05, 3.63) is 52.2 Å². The molecule has 29 heavy (non-hydrogen) atoms. The summed E-state index contributed by atoms with van der Waals surface area (Å²) in [6.07, 6.45) is 2.24. The van der Waals surface area contributed by atoms with Crippen LogP contribution >= 0.6 is 11.3 Å². The fourth-order valence-corrected chi connectivity index (χ4v) is 7.19. The van der Waals surface area contributed by atoms with Crippen molar-refractivity contribution in [1.29, 1.82) is 0 Å². The molecule has 1 aliphatic heterocycles. The third-order valence-electron chi connectivity index (χ3n) is 5.12. The summed E-state index contributed by atoms with van der Waals surface area (Å²) in [5, 5.41) is 1.98. The first kappa shape index (κ1) is 20.5. The number of sulfonamides is 1. The minimum Gasteiger partial charge on any atom is -0.331 e. The van der Waals surface area contributed by atoms with Gasteiger partial charge in [0.15, 0.2) is 9.84 Å². The zero-order valence-electron chi connectivity index (χ0n) is 15.7. The molecule has 1 saturated heterocycles. The molecule has 1 saturated carbocycles. The third-order valence-corrected chi connectivity index (χ3v) is 9.29. The summed E-state index contributed by atoms with van der Waals surface area (Å²) in [6.45, 7) is 0.554. The van der Waals surface area contributed by atoms with Crippen LogP contribution in [0.1, 0.15) is 34.5 Å². The summed E-state index contributed by atoms with van der Waals surface area (Å²) in [5.41, 5.74) is 0.441. The van der Waals surface area contributed by atoms with E-state index in [9.17, 15) is 21.6 Å². The number of carbonyl (C=O) groups excluding carboxylic acids is 1. The second kappa shape index (κ2) is 7.82. The second-order valence-corrected chi connectivity index (χ2v) is 12.5. The number of hydrogen-bond donors (Lipinski definition) is 1. The number of sulfone groups is 1. The van der Waals surface area contributed by atoms with E-state index in [1.165, 1.54) is 24.3 Å². The zero-order valence-corrected chi connectivity index (χ0v) is 18.1. The molecule has 2 aromatic rings. The number of amides is 1. The highest BCUT2D eigenvalue weighted by molar-refractivity contribution is 7.92. The number of rotatable bonds is 7. The summed E-state index contributed by atoms with van der Waals surface area (Å²) in [6, 6.07) is 9.42. The number of carbonyl (C=O) groups is 1. The molecule has 2 fully saturated rings. The maximum atomic E-state index is 13.0. The minimum atomic E-state index is -3.84. The first-order valence-electron chi connectivity index (χ1n) is 9.40. The van der Waals surface area contributed by atoms with Gasteiger partial charge in [-0.1, -0.05) is 6.07 Å². The molecule has 1 amide bonds. The number of thiophene rings is 1. The van der Waals surface area contributed by atoms with Crippen molar-refractivity contribution < 1.29 is 21.6 Å². The van der Waals surface area contributed by atoms with Gasteiger partial charge in [-0.25, -0.2) is 21.6 Å². The molecule has 156 valence electrons. The van der Waals surface area contributed by atoms with Gasteiger partial charge in [0.1, 0.15) is 0 Å². The lowest BCUT2D eigenvalue weighted by Gasteiger charge is -2.22. The summed E-state index contributed by atoms with van der Waals surface area (Å²) < 4.78 is 50.6. The van der Waals surface area contributed by atoms with Gasteiger partial charge in [0.25, 0.3) is 5.91 Å². The van der Waals surface area contributed by atoms with Gasteiger partial charge < -0.3 is 4.90 Å². The Morgan fingerprint density at radius 1 is 1.14 bits per heavy atom. The largest absolute Gasteiger partial charge is 0.331 e. The highest BCUT2D eigenvalue weighted by Crippen LogP contribution is 2.31. The number of benzene rings is 1. The van der Waals surface area contributed by atoms with E-state index in [0.717, 1.165) is 17.7 Å². The van der Waals surface area contributed by atoms with E-state index >= 15 is 0 Å². The van der Waals surface area contributed by atoms with E-state index in [1.807, 2.05) is 22.4 Å². The Bertz CT molecular complexity index is 1090. The van der Waals surface area contributed by atoms with Crippen LogP contribution in [-0.4, -0.2) is 51.2 Å². The summed E-state index contributed by atoms with van der Waals surface area (Å²) in [5.74, 6) is -0.295. The molecule has 4 rings (SSSR count). The Balaban J connectivity index is 1.47. The van der Waals surface area contributed by atoms with Crippen molar-refractivity contribution in [3.8, 4) is 0 Å². The van der Waals surface area contributed by atoms with Crippen LogP contribution in [0, 0.1) is 0 Å². The van der Waals surface area contributed by atoms with Crippen LogP contribution in [0.3, 0.4) is 0 Å². The molecule has 1 atom stereocenters. The van der Waals surface area contributed by atoms with Gasteiger partial charge in [-0.3, -0.25) is 4.79 Å². The summed E-state index contributed by atoms with van der Waals surface area (Å²) >= 11 is 1.61. The molecule has 0 spiro atoms. The van der Waals surface area contributed by atoms with Gasteiger partial charge in [-0.05, 0) is 55.0 Å². The van der Waals surface area contributed by atoms with Gasteiger partial charge in [0.2, 0.25) is 10.0 Å². The standard InChI is InChI=1S/C19H22N2O5S3/c22-19(21(16-5-6-16)12-17-2-1-10-27-17)14-3-7-18(8-4-14)29(25,26)20-15-9-11-28(23,24)13-15/h1-4,7-8,10,15-16,20H,5-6,9,11-13H2. The van der Waals surface area contributed by atoms with Crippen molar-refractivity contribution in [2.24, 2.45) is 0 Å². The van der Waals surface area contributed by atoms with Gasteiger partial charge in [0, 0.05) is 22.5 Å². The van der Waals surface area contributed by atoms with E-state index in [2.05, 4.69) is 4.72 Å². The van der Waals surface area contributed by atoms with E-state index in [-0.39, 0.29) is 34.8 Å². The molecule has 1 aliphatic carbocycles. The van der Waals surface area contributed by atoms with E-state index in [1.54, 1.807) is 11.3 Å². The average molecular weight is 455 g/mol. The van der Waals surface area contributed by atoms with Crippen molar-refractivity contribution >= 4 is 37.1 Å². The Morgan fingerprint density at radius 2 is 1.86 bits per heavy atom. The number of nitrogens with zero attached hydrogens (tertiary/aromatic N) is 1. The fourth-order valence-electron chi connectivity index (χ4n) is 3.44. The van der Waals surface area contributed by atoms with Crippen LogP contribution in [-0.2, 0) is 26.4 Å². The van der Waals surface area contributed by atoms with Crippen LogP contribution in [0.5, 0.6) is 0 Å². The molecule has 1 N–H and O–H groups in total. The van der Waals surface area contributed by atoms with E-state index in [0.29, 0.717) is 12.1 Å². The van der Waals surface area contributed by atoms with Crippen LogP contribution < -0.4 is 4.72 Å². The maximum Gasteiger partial charge on any atom is 0.254 e. The van der Waals surface area contributed by atoms with Crippen LogP contribution in [0.4, 0.5) is 0 Å². The first-order chi connectivity index (χ1) is 13.7. The summed E-state index contributed by atoms with van der Waals surface area (Å²) in [7, 11) is -7.02. The lowest BCUT2D eigenvalue weighted by molar-refractivity contribution is 0.0731. The minimum absolute atomic E-state index is 0.00509. The lowest BCUT2D eigenvalue weighted by Crippen LogP contribution is -2.35. The monoisotopic (exact) mass is 454 g/mol. The van der Waals surface area contributed by atoms with E-state index in [4.69, 9.17) is 0 Å². The van der Waals surface area contributed by atoms with Crippen LogP contribution in [0.15, 0.2) is 46.7 Å². The van der Waals surface area contributed by atoms with Crippen LogP contribution in [0.25, 0.3) is 0 Å². The van der Waals surface area contributed by atoms with Gasteiger partial charge in [0.05, 0.1) is 22.9 Å². The first-order valence-corrected chi connectivity index (χ1v) is 13.6. The Labute approximate surface area is 174 Å². The third kappa shape index (κ3) is 4.88. The predicted molar refractivity (Wildman–Crippen MR) is 111 cm³/mol. The second-order valence-electron chi connectivity index (χ2n) is 7.49. The quantitative estimate of drug-likeness (QED) is 0.690. The molecule has 1 unspecified atom stereocenters. The van der Waals surface area contributed by atoms with Crippen molar-refractivity contribution in [2.75, 3.05) is 11.5 Å². The molecule has 7 nitrogen and oxygen atoms in total. The Hall–Kier alpha value is -1.75.